The Hall–Kier alpha value is -1.75. The maximum atomic E-state index is 5.52. The lowest BCUT2D eigenvalue weighted by Crippen LogP contribution is -2.29. The number of hydrogen-bond donors (Lipinski definition) is 2. The van der Waals surface area contributed by atoms with Gasteiger partial charge in [-0.05, 0) is 48.7 Å². The van der Waals surface area contributed by atoms with Crippen molar-refractivity contribution in [2.75, 3.05) is 20.8 Å². The van der Waals surface area contributed by atoms with Crippen molar-refractivity contribution in [2.45, 2.75) is 19.3 Å². The van der Waals surface area contributed by atoms with Crippen molar-refractivity contribution in [3.8, 4) is 11.5 Å². The number of rotatable bonds is 4. The Balaban J connectivity index is 2.34. The molecule has 0 aromatic heterocycles. The Kier molecular flexibility index (Phi) is 4.84. The van der Waals surface area contributed by atoms with Crippen molar-refractivity contribution < 1.29 is 9.47 Å². The van der Waals surface area contributed by atoms with Crippen LogP contribution in [0.2, 0.25) is 0 Å². The summed E-state index contributed by atoms with van der Waals surface area (Å²) in [7, 11) is 3.35. The number of nitrogens with one attached hydrogen (secondary N) is 1. The van der Waals surface area contributed by atoms with Crippen molar-refractivity contribution in [3.63, 3.8) is 0 Å². The van der Waals surface area contributed by atoms with Gasteiger partial charge >= 0.3 is 0 Å². The number of fused-ring (bicyclic) bond motifs is 1. The van der Waals surface area contributed by atoms with Crippen molar-refractivity contribution in [3.05, 3.63) is 29.3 Å². The van der Waals surface area contributed by atoms with E-state index < -0.39 is 0 Å². The first kappa shape index (κ1) is 14.7. The number of allylic oxidation sites excluding steroid dienone is 1. The Labute approximate surface area is 124 Å². The fourth-order valence-corrected chi connectivity index (χ4v) is 2.70. The van der Waals surface area contributed by atoms with E-state index in [1.807, 2.05) is 6.07 Å². The molecule has 0 saturated carbocycles. The van der Waals surface area contributed by atoms with Crippen LogP contribution in [0.5, 0.6) is 11.5 Å². The van der Waals surface area contributed by atoms with Crippen molar-refractivity contribution in [1.29, 1.82) is 0 Å². The Morgan fingerprint density at radius 2 is 2.15 bits per heavy atom. The van der Waals surface area contributed by atoms with Crippen molar-refractivity contribution in [1.82, 2.24) is 5.32 Å². The van der Waals surface area contributed by atoms with E-state index in [1.54, 1.807) is 14.2 Å². The smallest absolute Gasteiger partial charge is 0.164 e. The molecule has 0 heterocycles. The van der Waals surface area contributed by atoms with Crippen LogP contribution in [0.3, 0.4) is 0 Å². The summed E-state index contributed by atoms with van der Waals surface area (Å²) in [6.45, 7) is 0.651. The second-order valence-corrected chi connectivity index (χ2v) is 5.10. The van der Waals surface area contributed by atoms with Gasteiger partial charge in [0.25, 0.3) is 0 Å². The van der Waals surface area contributed by atoms with Crippen molar-refractivity contribution in [2.24, 2.45) is 5.73 Å². The summed E-state index contributed by atoms with van der Waals surface area (Å²) >= 11 is 4.81. The molecule has 1 aliphatic rings. The highest BCUT2D eigenvalue weighted by Gasteiger charge is 2.20. The van der Waals surface area contributed by atoms with Crippen LogP contribution < -0.4 is 20.5 Å². The quantitative estimate of drug-likeness (QED) is 0.834. The van der Waals surface area contributed by atoms with E-state index in [0.717, 1.165) is 30.8 Å². The number of nitrogens with two attached hydrogens (primary N) is 1. The number of ether oxygens (including phenoxy) is 2. The summed E-state index contributed by atoms with van der Waals surface area (Å²) in [5, 5.41) is 3.28. The van der Waals surface area contributed by atoms with E-state index >= 15 is 0 Å². The molecule has 0 atom stereocenters. The molecule has 0 saturated heterocycles. The van der Waals surface area contributed by atoms with E-state index in [4.69, 9.17) is 27.4 Å². The molecule has 1 aliphatic carbocycles. The van der Waals surface area contributed by atoms with Gasteiger partial charge in [0.1, 0.15) is 0 Å². The SMILES string of the molecule is COc1ccc2c(c1OC)CCCC2=CCNC(N)=S. The third kappa shape index (κ3) is 3.04. The van der Waals surface area contributed by atoms with Crippen LogP contribution in [0.25, 0.3) is 5.57 Å². The normalized spacial score (nSPS) is 15.6. The van der Waals surface area contributed by atoms with Gasteiger partial charge in [-0.1, -0.05) is 12.1 Å². The van der Waals surface area contributed by atoms with Gasteiger partial charge in [-0.25, -0.2) is 0 Å². The maximum Gasteiger partial charge on any atom is 0.164 e. The van der Waals surface area contributed by atoms with Crippen LogP contribution in [0.4, 0.5) is 0 Å². The number of thiocarbonyl (C=S) groups is 1. The molecule has 0 unspecified atom stereocenters. The van der Waals surface area contributed by atoms with Crippen LogP contribution in [0.1, 0.15) is 24.0 Å². The minimum absolute atomic E-state index is 0.324. The lowest BCUT2D eigenvalue weighted by molar-refractivity contribution is 0.351. The van der Waals surface area contributed by atoms with Gasteiger partial charge < -0.3 is 20.5 Å². The molecule has 1 aromatic carbocycles. The van der Waals surface area contributed by atoms with Crippen LogP contribution >= 0.6 is 12.2 Å². The van der Waals surface area contributed by atoms with Gasteiger partial charge in [-0.3, -0.25) is 0 Å². The summed E-state index contributed by atoms with van der Waals surface area (Å²) in [5.74, 6) is 1.63. The van der Waals surface area contributed by atoms with Gasteiger partial charge in [0.2, 0.25) is 0 Å². The average molecular weight is 292 g/mol. The molecule has 0 amide bonds. The minimum atomic E-state index is 0.324. The zero-order valence-electron chi connectivity index (χ0n) is 11.9. The van der Waals surface area contributed by atoms with E-state index in [9.17, 15) is 0 Å². The molecule has 108 valence electrons. The first-order valence-electron chi connectivity index (χ1n) is 6.64. The fraction of sp³-hybridized carbons (Fsp3) is 0.400. The largest absolute Gasteiger partial charge is 0.493 e. The van der Waals surface area contributed by atoms with Crippen LogP contribution in [0, 0.1) is 0 Å². The molecule has 4 nitrogen and oxygen atoms in total. The Morgan fingerprint density at radius 3 is 2.80 bits per heavy atom. The maximum absolute atomic E-state index is 5.52. The van der Waals surface area contributed by atoms with E-state index in [2.05, 4.69) is 17.5 Å². The molecule has 0 radical (unpaired) electrons. The molecule has 0 spiro atoms. The van der Waals surface area contributed by atoms with E-state index in [1.165, 1.54) is 16.7 Å². The summed E-state index contributed by atoms with van der Waals surface area (Å²) < 4.78 is 10.9. The summed E-state index contributed by atoms with van der Waals surface area (Å²) in [5.41, 5.74) is 9.20. The number of benzene rings is 1. The van der Waals surface area contributed by atoms with E-state index in [-0.39, 0.29) is 0 Å². The van der Waals surface area contributed by atoms with Gasteiger partial charge in [0, 0.05) is 12.1 Å². The van der Waals surface area contributed by atoms with Crippen molar-refractivity contribution >= 4 is 22.9 Å². The predicted octanol–water partition coefficient (Wildman–Crippen LogP) is 2.26. The molecule has 0 aliphatic heterocycles. The fourth-order valence-electron chi connectivity index (χ4n) is 2.62. The monoisotopic (exact) mass is 292 g/mol. The molecule has 20 heavy (non-hydrogen) atoms. The molecular weight excluding hydrogens is 272 g/mol. The van der Waals surface area contributed by atoms with Crippen LogP contribution in [-0.2, 0) is 6.42 Å². The first-order valence-corrected chi connectivity index (χ1v) is 7.04. The molecule has 1 aromatic rings. The minimum Gasteiger partial charge on any atom is -0.493 e. The van der Waals surface area contributed by atoms with Gasteiger partial charge in [-0.15, -0.1) is 0 Å². The van der Waals surface area contributed by atoms with Crippen LogP contribution in [-0.4, -0.2) is 25.9 Å². The molecule has 3 N–H and O–H groups in total. The van der Waals surface area contributed by atoms with Gasteiger partial charge in [0.15, 0.2) is 16.6 Å². The van der Waals surface area contributed by atoms with Gasteiger partial charge in [-0.2, -0.15) is 0 Å². The van der Waals surface area contributed by atoms with Crippen LogP contribution in [0.15, 0.2) is 18.2 Å². The summed E-state index contributed by atoms with van der Waals surface area (Å²) in [4.78, 5) is 0. The molecule has 5 heteroatoms. The standard InChI is InChI=1S/C15H20N2O2S/c1-18-13-7-6-11-10(8-9-17-15(16)20)4-3-5-12(11)14(13)19-2/h6-8H,3-5,9H2,1-2H3,(H3,16,17,20). The highest BCUT2D eigenvalue weighted by molar-refractivity contribution is 7.80. The third-order valence-electron chi connectivity index (χ3n) is 3.49. The van der Waals surface area contributed by atoms with E-state index in [0.29, 0.717) is 11.7 Å². The average Bonchev–Trinajstić information content (AvgIpc) is 2.45. The highest BCUT2D eigenvalue weighted by atomic mass is 32.1. The second kappa shape index (κ2) is 6.61. The zero-order valence-corrected chi connectivity index (χ0v) is 12.7. The molecule has 0 fully saturated rings. The Morgan fingerprint density at radius 1 is 1.35 bits per heavy atom. The summed E-state index contributed by atoms with van der Waals surface area (Å²) in [6, 6.07) is 4.06. The molecule has 2 rings (SSSR count). The third-order valence-corrected chi connectivity index (χ3v) is 3.64. The lowest BCUT2D eigenvalue weighted by atomic mass is 9.86. The predicted molar refractivity (Wildman–Crippen MR) is 85.2 cm³/mol. The zero-order chi connectivity index (χ0) is 14.5. The first-order chi connectivity index (χ1) is 9.67. The number of hydrogen-bond acceptors (Lipinski definition) is 3. The number of methoxy groups -OCH3 is 2. The topological polar surface area (TPSA) is 56.5 Å². The summed E-state index contributed by atoms with van der Waals surface area (Å²) in [6.07, 6.45) is 5.32. The highest BCUT2D eigenvalue weighted by Crippen LogP contribution is 2.41. The molecule has 0 bridgehead atoms. The molecular formula is C15H20N2O2S. The van der Waals surface area contributed by atoms with Gasteiger partial charge in [0.05, 0.1) is 14.2 Å². The second-order valence-electron chi connectivity index (χ2n) is 4.66. The lowest BCUT2D eigenvalue weighted by Gasteiger charge is -2.23. The Bertz CT molecular complexity index is 541.